The SMILES string of the molecule is O=C(C1CCN(c2cccc(Br)c2)C1=O)N1CCOCC1. The Hall–Kier alpha value is -1.40. The van der Waals surface area contributed by atoms with Crippen molar-refractivity contribution < 1.29 is 14.3 Å². The van der Waals surface area contributed by atoms with Crippen molar-refractivity contribution in [3.05, 3.63) is 28.7 Å². The van der Waals surface area contributed by atoms with Crippen LogP contribution in [0.3, 0.4) is 0 Å². The predicted octanol–water partition coefficient (Wildman–Crippen LogP) is 1.66. The van der Waals surface area contributed by atoms with Crippen molar-refractivity contribution in [3.8, 4) is 0 Å². The monoisotopic (exact) mass is 352 g/mol. The minimum absolute atomic E-state index is 0.0548. The fraction of sp³-hybridized carbons (Fsp3) is 0.467. The van der Waals surface area contributed by atoms with E-state index < -0.39 is 5.92 Å². The van der Waals surface area contributed by atoms with Crippen LogP contribution in [0.15, 0.2) is 28.7 Å². The van der Waals surface area contributed by atoms with E-state index in [-0.39, 0.29) is 11.8 Å². The molecule has 2 amide bonds. The van der Waals surface area contributed by atoms with Crippen LogP contribution in [0.5, 0.6) is 0 Å². The Morgan fingerprint density at radius 1 is 1.24 bits per heavy atom. The molecule has 0 spiro atoms. The molecule has 0 bridgehead atoms. The summed E-state index contributed by atoms with van der Waals surface area (Å²) in [4.78, 5) is 28.5. The number of benzene rings is 1. The van der Waals surface area contributed by atoms with Gasteiger partial charge in [0.05, 0.1) is 13.2 Å². The van der Waals surface area contributed by atoms with Gasteiger partial charge in [-0.25, -0.2) is 0 Å². The van der Waals surface area contributed by atoms with Gasteiger partial charge in [0.2, 0.25) is 11.8 Å². The molecular weight excluding hydrogens is 336 g/mol. The van der Waals surface area contributed by atoms with E-state index in [1.165, 1.54) is 0 Å². The molecule has 112 valence electrons. The molecule has 0 radical (unpaired) electrons. The lowest BCUT2D eigenvalue weighted by Crippen LogP contribution is -2.45. The van der Waals surface area contributed by atoms with Crippen molar-refractivity contribution in [1.82, 2.24) is 4.90 Å². The Labute approximate surface area is 132 Å². The molecule has 2 aliphatic heterocycles. The third kappa shape index (κ3) is 2.96. The van der Waals surface area contributed by atoms with Crippen molar-refractivity contribution >= 4 is 33.4 Å². The number of carbonyl (C=O) groups is 2. The molecule has 1 unspecified atom stereocenters. The van der Waals surface area contributed by atoms with Crippen LogP contribution in [-0.2, 0) is 14.3 Å². The lowest BCUT2D eigenvalue weighted by molar-refractivity contribution is -0.143. The van der Waals surface area contributed by atoms with Gasteiger partial charge in [0, 0.05) is 29.8 Å². The summed E-state index contributed by atoms with van der Waals surface area (Å²) in [6.07, 6.45) is 0.585. The van der Waals surface area contributed by atoms with Gasteiger partial charge in [-0.15, -0.1) is 0 Å². The van der Waals surface area contributed by atoms with Gasteiger partial charge in [0.1, 0.15) is 5.92 Å². The first kappa shape index (κ1) is 14.5. The highest BCUT2D eigenvalue weighted by molar-refractivity contribution is 9.10. The van der Waals surface area contributed by atoms with Crippen LogP contribution in [0.4, 0.5) is 5.69 Å². The van der Waals surface area contributed by atoms with Gasteiger partial charge in [-0.2, -0.15) is 0 Å². The van der Waals surface area contributed by atoms with Gasteiger partial charge in [0.15, 0.2) is 0 Å². The van der Waals surface area contributed by atoms with Crippen LogP contribution in [-0.4, -0.2) is 49.6 Å². The summed E-state index contributed by atoms with van der Waals surface area (Å²) >= 11 is 3.41. The molecular formula is C15H17BrN2O3. The molecule has 2 heterocycles. The first-order valence-electron chi connectivity index (χ1n) is 7.10. The maximum atomic E-state index is 12.5. The van der Waals surface area contributed by atoms with Crippen molar-refractivity contribution in [3.63, 3.8) is 0 Å². The lowest BCUT2D eigenvalue weighted by atomic mass is 10.1. The Kier molecular flexibility index (Phi) is 4.26. The number of amides is 2. The van der Waals surface area contributed by atoms with E-state index in [0.29, 0.717) is 39.3 Å². The maximum Gasteiger partial charge on any atom is 0.239 e. The molecule has 1 aromatic rings. The van der Waals surface area contributed by atoms with Gasteiger partial charge < -0.3 is 14.5 Å². The van der Waals surface area contributed by atoms with E-state index in [1.807, 2.05) is 24.3 Å². The Morgan fingerprint density at radius 2 is 2.00 bits per heavy atom. The zero-order valence-electron chi connectivity index (χ0n) is 11.6. The fourth-order valence-corrected chi connectivity index (χ4v) is 3.20. The summed E-state index contributed by atoms with van der Waals surface area (Å²) < 4.78 is 6.18. The number of ether oxygens (including phenoxy) is 1. The second kappa shape index (κ2) is 6.15. The lowest BCUT2D eigenvalue weighted by Gasteiger charge is -2.28. The predicted molar refractivity (Wildman–Crippen MR) is 82.0 cm³/mol. The number of anilines is 1. The van der Waals surface area contributed by atoms with Crippen LogP contribution >= 0.6 is 15.9 Å². The number of rotatable bonds is 2. The highest BCUT2D eigenvalue weighted by atomic mass is 79.9. The van der Waals surface area contributed by atoms with Gasteiger partial charge in [-0.05, 0) is 24.6 Å². The molecule has 6 heteroatoms. The highest BCUT2D eigenvalue weighted by Crippen LogP contribution is 2.28. The third-order valence-electron chi connectivity index (χ3n) is 3.95. The average molecular weight is 353 g/mol. The largest absolute Gasteiger partial charge is 0.378 e. The van der Waals surface area contributed by atoms with Crippen molar-refractivity contribution in [2.75, 3.05) is 37.7 Å². The molecule has 0 saturated carbocycles. The van der Waals surface area contributed by atoms with Crippen LogP contribution in [0.1, 0.15) is 6.42 Å². The minimum Gasteiger partial charge on any atom is -0.378 e. The third-order valence-corrected chi connectivity index (χ3v) is 4.44. The van der Waals surface area contributed by atoms with E-state index in [0.717, 1.165) is 10.2 Å². The molecule has 3 rings (SSSR count). The van der Waals surface area contributed by atoms with E-state index >= 15 is 0 Å². The molecule has 1 aromatic carbocycles. The Balaban J connectivity index is 1.72. The van der Waals surface area contributed by atoms with Gasteiger partial charge in [-0.1, -0.05) is 22.0 Å². The summed E-state index contributed by atoms with van der Waals surface area (Å²) in [5.41, 5.74) is 0.839. The molecule has 2 fully saturated rings. The molecule has 2 saturated heterocycles. The highest BCUT2D eigenvalue weighted by Gasteiger charge is 2.39. The van der Waals surface area contributed by atoms with Crippen LogP contribution < -0.4 is 4.90 Å². The van der Waals surface area contributed by atoms with E-state index in [9.17, 15) is 9.59 Å². The summed E-state index contributed by atoms with van der Waals surface area (Å²) in [7, 11) is 0. The van der Waals surface area contributed by atoms with Crippen LogP contribution in [0, 0.1) is 5.92 Å². The minimum atomic E-state index is -0.540. The summed E-state index contributed by atoms with van der Waals surface area (Å²) in [6.45, 7) is 2.87. The molecule has 2 aliphatic rings. The first-order chi connectivity index (χ1) is 10.2. The van der Waals surface area contributed by atoms with Gasteiger partial charge in [-0.3, -0.25) is 9.59 Å². The van der Waals surface area contributed by atoms with Crippen molar-refractivity contribution in [1.29, 1.82) is 0 Å². The topological polar surface area (TPSA) is 49.9 Å². The Morgan fingerprint density at radius 3 is 2.71 bits per heavy atom. The van der Waals surface area contributed by atoms with Crippen molar-refractivity contribution in [2.24, 2.45) is 5.92 Å². The number of carbonyl (C=O) groups excluding carboxylic acids is 2. The standard InChI is InChI=1S/C15H17BrN2O3/c16-11-2-1-3-12(10-11)18-5-4-13(15(18)20)14(19)17-6-8-21-9-7-17/h1-3,10,13H,4-9H2. The van der Waals surface area contributed by atoms with Gasteiger partial charge >= 0.3 is 0 Å². The number of nitrogens with zero attached hydrogens (tertiary/aromatic N) is 2. The zero-order valence-corrected chi connectivity index (χ0v) is 13.2. The average Bonchev–Trinajstić information content (AvgIpc) is 2.89. The zero-order chi connectivity index (χ0) is 14.8. The van der Waals surface area contributed by atoms with Crippen LogP contribution in [0.2, 0.25) is 0 Å². The Bertz CT molecular complexity index is 558. The molecule has 0 aromatic heterocycles. The van der Waals surface area contributed by atoms with E-state index in [4.69, 9.17) is 4.74 Å². The second-order valence-corrected chi connectivity index (χ2v) is 6.16. The number of morpholine rings is 1. The molecule has 1 atom stereocenters. The quantitative estimate of drug-likeness (QED) is 0.760. The molecule has 0 aliphatic carbocycles. The number of hydrogen-bond donors (Lipinski definition) is 0. The summed E-state index contributed by atoms with van der Waals surface area (Å²) in [5.74, 6) is -0.688. The second-order valence-electron chi connectivity index (χ2n) is 5.25. The van der Waals surface area contributed by atoms with Crippen molar-refractivity contribution in [2.45, 2.75) is 6.42 Å². The number of hydrogen-bond acceptors (Lipinski definition) is 3. The molecule has 21 heavy (non-hydrogen) atoms. The smallest absolute Gasteiger partial charge is 0.239 e. The van der Waals surface area contributed by atoms with Crippen LogP contribution in [0.25, 0.3) is 0 Å². The maximum absolute atomic E-state index is 12.5. The number of halogens is 1. The van der Waals surface area contributed by atoms with E-state index in [1.54, 1.807) is 9.80 Å². The summed E-state index contributed by atoms with van der Waals surface area (Å²) in [6, 6.07) is 7.61. The molecule has 5 nitrogen and oxygen atoms in total. The fourth-order valence-electron chi connectivity index (χ4n) is 2.81. The molecule has 0 N–H and O–H groups in total. The van der Waals surface area contributed by atoms with E-state index in [2.05, 4.69) is 15.9 Å². The summed E-state index contributed by atoms with van der Waals surface area (Å²) in [5, 5.41) is 0. The first-order valence-corrected chi connectivity index (χ1v) is 7.89. The van der Waals surface area contributed by atoms with Gasteiger partial charge in [0.25, 0.3) is 0 Å². The normalized spacial score (nSPS) is 22.7.